The first-order valence-corrected chi connectivity index (χ1v) is 4.73. The highest BCUT2D eigenvalue weighted by atomic mass is 16.3. The van der Waals surface area contributed by atoms with Crippen molar-refractivity contribution in [1.82, 2.24) is 9.97 Å². The summed E-state index contributed by atoms with van der Waals surface area (Å²) < 4.78 is 0. The van der Waals surface area contributed by atoms with Crippen LogP contribution < -0.4 is 0 Å². The third kappa shape index (κ3) is 4.58. The Morgan fingerprint density at radius 3 is 2.79 bits per heavy atom. The minimum atomic E-state index is -0.232. The average molecular weight is 190 g/mol. The lowest BCUT2D eigenvalue weighted by Crippen LogP contribution is -1.97. The Labute approximate surface area is 84.2 Å². The van der Waals surface area contributed by atoms with E-state index in [2.05, 4.69) is 21.8 Å². The van der Waals surface area contributed by atoms with Gasteiger partial charge in [0, 0.05) is 18.8 Å². The van der Waals surface area contributed by atoms with Crippen LogP contribution >= 0.6 is 0 Å². The van der Waals surface area contributed by atoms with Gasteiger partial charge in [-0.3, -0.25) is 0 Å². The van der Waals surface area contributed by atoms with Crippen molar-refractivity contribution in [3.05, 3.63) is 24.3 Å². The maximum absolute atomic E-state index is 9.00. The highest BCUT2D eigenvalue weighted by Crippen LogP contribution is 1.98. The first kappa shape index (κ1) is 10.7. The zero-order valence-corrected chi connectivity index (χ0v) is 8.27. The smallest absolute Gasteiger partial charge is 0.204 e. The van der Waals surface area contributed by atoms with Crippen LogP contribution in [0.5, 0.6) is 0 Å². The van der Waals surface area contributed by atoms with Crippen LogP contribution in [0.25, 0.3) is 0 Å². The molecule has 0 bridgehead atoms. The molecule has 3 nitrogen and oxygen atoms in total. The number of rotatable bonds is 3. The lowest BCUT2D eigenvalue weighted by Gasteiger charge is -1.98. The van der Waals surface area contributed by atoms with Gasteiger partial charge in [-0.1, -0.05) is 5.92 Å². The molecule has 1 rings (SSSR count). The first-order chi connectivity index (χ1) is 6.79. The Hall–Kier alpha value is -1.40. The number of unbranched alkanes of at least 4 members (excludes halogenated alkanes) is 1. The zero-order chi connectivity index (χ0) is 10.2. The van der Waals surface area contributed by atoms with Crippen LogP contribution in [-0.4, -0.2) is 21.2 Å². The molecule has 1 heterocycles. The Balaban J connectivity index is 2.28. The van der Waals surface area contributed by atoms with E-state index in [0.717, 1.165) is 19.3 Å². The van der Waals surface area contributed by atoms with Gasteiger partial charge in [0.15, 0.2) is 0 Å². The van der Waals surface area contributed by atoms with Crippen LogP contribution in [0.4, 0.5) is 0 Å². The van der Waals surface area contributed by atoms with Crippen molar-refractivity contribution in [3.8, 4) is 11.8 Å². The molecule has 0 aliphatic carbocycles. The van der Waals surface area contributed by atoms with Gasteiger partial charge >= 0.3 is 0 Å². The summed E-state index contributed by atoms with van der Waals surface area (Å²) in [5, 5.41) is 9.00. The van der Waals surface area contributed by atoms with Crippen molar-refractivity contribution in [3.63, 3.8) is 0 Å². The molecule has 3 heteroatoms. The molecule has 14 heavy (non-hydrogen) atoms. The maximum atomic E-state index is 9.00. The third-order valence-corrected chi connectivity index (χ3v) is 1.69. The van der Waals surface area contributed by atoms with E-state index in [1.807, 2.05) is 0 Å². The van der Waals surface area contributed by atoms with Crippen LogP contribution in [-0.2, 0) is 0 Å². The summed E-state index contributed by atoms with van der Waals surface area (Å²) in [6.07, 6.45) is 5.61. The van der Waals surface area contributed by atoms with Crippen LogP contribution in [0, 0.1) is 11.8 Å². The predicted molar refractivity (Wildman–Crippen MR) is 54.4 cm³/mol. The van der Waals surface area contributed by atoms with E-state index in [9.17, 15) is 0 Å². The summed E-state index contributed by atoms with van der Waals surface area (Å²) in [4.78, 5) is 7.95. The largest absolute Gasteiger partial charge is 0.393 e. The Bertz CT molecular complexity index is 311. The molecule has 0 aliphatic heterocycles. The van der Waals surface area contributed by atoms with Crippen molar-refractivity contribution < 1.29 is 5.11 Å². The van der Waals surface area contributed by atoms with Gasteiger partial charge in [-0.05, 0) is 31.8 Å². The van der Waals surface area contributed by atoms with Gasteiger partial charge in [0.25, 0.3) is 0 Å². The predicted octanol–water partition coefficient (Wildman–Crippen LogP) is 1.38. The lowest BCUT2D eigenvalue weighted by molar-refractivity contribution is 0.182. The highest BCUT2D eigenvalue weighted by molar-refractivity contribution is 5.19. The molecule has 0 aromatic carbocycles. The maximum Gasteiger partial charge on any atom is 0.204 e. The molecule has 0 radical (unpaired) electrons. The molecular formula is C11H14N2O. The van der Waals surface area contributed by atoms with Gasteiger partial charge in [-0.15, -0.1) is 0 Å². The molecule has 0 saturated heterocycles. The topological polar surface area (TPSA) is 46.0 Å². The van der Waals surface area contributed by atoms with Crippen molar-refractivity contribution >= 4 is 0 Å². The summed E-state index contributed by atoms with van der Waals surface area (Å²) in [6.45, 7) is 1.79. The quantitative estimate of drug-likeness (QED) is 0.578. The summed E-state index contributed by atoms with van der Waals surface area (Å²) in [6, 6.07) is 1.76. The lowest BCUT2D eigenvalue weighted by atomic mass is 10.2. The van der Waals surface area contributed by atoms with Gasteiger partial charge < -0.3 is 5.11 Å². The molecule has 1 unspecified atom stereocenters. The Morgan fingerprint density at radius 1 is 1.43 bits per heavy atom. The van der Waals surface area contributed by atoms with Crippen molar-refractivity contribution in [2.75, 3.05) is 0 Å². The van der Waals surface area contributed by atoms with Gasteiger partial charge in [0.1, 0.15) is 0 Å². The Morgan fingerprint density at radius 2 is 2.14 bits per heavy atom. The molecule has 1 atom stereocenters. The average Bonchev–Trinajstić information content (AvgIpc) is 2.18. The number of aromatic nitrogens is 2. The molecule has 1 aromatic heterocycles. The first-order valence-electron chi connectivity index (χ1n) is 4.73. The minimum absolute atomic E-state index is 0.232. The minimum Gasteiger partial charge on any atom is -0.393 e. The van der Waals surface area contributed by atoms with Crippen molar-refractivity contribution in [1.29, 1.82) is 0 Å². The van der Waals surface area contributed by atoms with Gasteiger partial charge in [0.2, 0.25) is 5.82 Å². The standard InChI is InChI=1S/C11H14N2O/c1-10(14)6-3-2-4-7-11-12-8-5-9-13-11/h5,8-10,14H,2-3,6H2,1H3. The van der Waals surface area contributed by atoms with E-state index in [0.29, 0.717) is 5.82 Å². The zero-order valence-electron chi connectivity index (χ0n) is 8.27. The van der Waals surface area contributed by atoms with E-state index < -0.39 is 0 Å². The summed E-state index contributed by atoms with van der Waals surface area (Å²) in [7, 11) is 0. The second kappa shape index (κ2) is 6.11. The fraction of sp³-hybridized carbons (Fsp3) is 0.455. The summed E-state index contributed by atoms with van der Waals surface area (Å²) in [5.74, 6) is 6.40. The number of hydrogen-bond donors (Lipinski definition) is 1. The number of nitrogens with zero attached hydrogens (tertiary/aromatic N) is 2. The van der Waals surface area contributed by atoms with E-state index in [4.69, 9.17) is 5.11 Å². The number of hydrogen-bond acceptors (Lipinski definition) is 3. The molecule has 1 aromatic rings. The SMILES string of the molecule is CC(O)CCCC#Cc1ncccn1. The molecule has 0 spiro atoms. The van der Waals surface area contributed by atoms with Gasteiger partial charge in [0.05, 0.1) is 6.10 Å². The molecule has 0 saturated carbocycles. The fourth-order valence-electron chi connectivity index (χ4n) is 0.991. The summed E-state index contributed by atoms with van der Waals surface area (Å²) in [5.41, 5.74) is 0. The van der Waals surface area contributed by atoms with Crippen LogP contribution in [0.2, 0.25) is 0 Å². The molecule has 0 amide bonds. The van der Waals surface area contributed by atoms with E-state index in [1.165, 1.54) is 0 Å². The second-order valence-corrected chi connectivity index (χ2v) is 3.12. The molecule has 0 fully saturated rings. The van der Waals surface area contributed by atoms with E-state index in [-0.39, 0.29) is 6.10 Å². The van der Waals surface area contributed by atoms with Crippen molar-refractivity contribution in [2.45, 2.75) is 32.3 Å². The Kier molecular flexibility index (Phi) is 4.66. The highest BCUT2D eigenvalue weighted by Gasteiger charge is 1.92. The van der Waals surface area contributed by atoms with Gasteiger partial charge in [-0.25, -0.2) is 9.97 Å². The third-order valence-electron chi connectivity index (χ3n) is 1.69. The molecule has 74 valence electrons. The molecular weight excluding hydrogens is 176 g/mol. The molecule has 1 N–H and O–H groups in total. The normalized spacial score (nSPS) is 11.6. The monoisotopic (exact) mass is 190 g/mol. The summed E-state index contributed by atoms with van der Waals surface area (Å²) >= 11 is 0. The second-order valence-electron chi connectivity index (χ2n) is 3.12. The van der Waals surface area contributed by atoms with E-state index >= 15 is 0 Å². The van der Waals surface area contributed by atoms with E-state index in [1.54, 1.807) is 25.4 Å². The van der Waals surface area contributed by atoms with Crippen LogP contribution in [0.3, 0.4) is 0 Å². The fourth-order valence-corrected chi connectivity index (χ4v) is 0.991. The van der Waals surface area contributed by atoms with Crippen LogP contribution in [0.15, 0.2) is 18.5 Å². The number of aliphatic hydroxyl groups excluding tert-OH is 1. The number of aliphatic hydroxyl groups is 1. The molecule has 0 aliphatic rings. The van der Waals surface area contributed by atoms with Crippen molar-refractivity contribution in [2.24, 2.45) is 0 Å². The van der Waals surface area contributed by atoms with Crippen LogP contribution in [0.1, 0.15) is 32.0 Å². The van der Waals surface area contributed by atoms with Gasteiger partial charge in [-0.2, -0.15) is 0 Å².